The molecule has 0 saturated carbocycles. The Morgan fingerprint density at radius 3 is 2.28 bits per heavy atom. The molecule has 0 aliphatic carbocycles. The Hall–Kier alpha value is -3.80. The van der Waals surface area contributed by atoms with Crippen LogP contribution in [0.3, 0.4) is 0 Å². The number of para-hydroxylation sites is 3. The normalized spacial score (nSPS) is 13.9. The number of fused-ring (bicyclic) bond motifs is 1. The highest BCUT2D eigenvalue weighted by Gasteiger charge is 2.22. The zero-order valence-corrected chi connectivity index (χ0v) is 18.2. The third kappa shape index (κ3) is 4.17. The van der Waals surface area contributed by atoms with Gasteiger partial charge < -0.3 is 19.9 Å². The van der Waals surface area contributed by atoms with Crippen LogP contribution in [0.1, 0.15) is 5.56 Å². The fraction of sp³-hybridized carbons (Fsp3) is 0.231. The van der Waals surface area contributed by atoms with Crippen molar-refractivity contribution in [2.45, 2.75) is 6.54 Å². The van der Waals surface area contributed by atoms with Gasteiger partial charge in [-0.3, -0.25) is 0 Å². The van der Waals surface area contributed by atoms with Crippen LogP contribution in [0.2, 0.25) is 0 Å². The number of ether oxygens (including phenoxy) is 1. The predicted octanol–water partition coefficient (Wildman–Crippen LogP) is 4.58. The minimum absolute atomic E-state index is 0.725. The molecule has 4 aromatic rings. The maximum atomic E-state index is 5.55. The van der Waals surface area contributed by atoms with Crippen molar-refractivity contribution in [3.63, 3.8) is 0 Å². The minimum atomic E-state index is 0.725. The van der Waals surface area contributed by atoms with Gasteiger partial charge in [-0.15, -0.1) is 0 Å². The number of hydrogen-bond acceptors (Lipinski definition) is 6. The second kappa shape index (κ2) is 9.14. The number of nitrogens with one attached hydrogen (secondary N) is 1. The van der Waals surface area contributed by atoms with E-state index in [1.807, 2.05) is 30.3 Å². The number of nitrogens with zero attached hydrogens (tertiary/aromatic N) is 4. The lowest BCUT2D eigenvalue weighted by atomic mass is 10.2. The fourth-order valence-corrected chi connectivity index (χ4v) is 4.16. The number of anilines is 3. The Balaban J connectivity index is 1.36. The largest absolute Gasteiger partial charge is 0.495 e. The van der Waals surface area contributed by atoms with Crippen LogP contribution in [0.5, 0.6) is 5.75 Å². The Morgan fingerprint density at radius 1 is 0.781 bits per heavy atom. The Morgan fingerprint density at radius 2 is 1.47 bits per heavy atom. The molecular formula is C26H27N5O. The van der Waals surface area contributed by atoms with Gasteiger partial charge in [-0.1, -0.05) is 54.6 Å². The SMILES string of the molecule is COc1ccccc1N1CCN(c2nc(NCc3ccccc3)c3ccccc3n2)CC1. The minimum Gasteiger partial charge on any atom is -0.495 e. The topological polar surface area (TPSA) is 53.5 Å². The first-order valence-corrected chi connectivity index (χ1v) is 11.0. The van der Waals surface area contributed by atoms with Gasteiger partial charge in [0.15, 0.2) is 0 Å². The summed E-state index contributed by atoms with van der Waals surface area (Å²) in [6.45, 7) is 4.22. The summed E-state index contributed by atoms with van der Waals surface area (Å²) in [5, 5.41) is 4.57. The molecule has 6 nitrogen and oxygen atoms in total. The fourth-order valence-electron chi connectivity index (χ4n) is 4.16. The molecular weight excluding hydrogens is 398 g/mol. The highest BCUT2D eigenvalue weighted by atomic mass is 16.5. The van der Waals surface area contributed by atoms with Crippen LogP contribution in [-0.4, -0.2) is 43.3 Å². The van der Waals surface area contributed by atoms with Crippen LogP contribution in [0.15, 0.2) is 78.9 Å². The molecule has 5 rings (SSSR count). The van der Waals surface area contributed by atoms with Crippen molar-refractivity contribution < 1.29 is 4.74 Å². The van der Waals surface area contributed by atoms with E-state index in [9.17, 15) is 0 Å². The number of hydrogen-bond donors (Lipinski definition) is 1. The molecule has 3 aromatic carbocycles. The average Bonchev–Trinajstić information content (AvgIpc) is 2.88. The molecule has 1 N–H and O–H groups in total. The van der Waals surface area contributed by atoms with Gasteiger partial charge in [-0.25, -0.2) is 4.98 Å². The van der Waals surface area contributed by atoms with E-state index in [1.165, 1.54) is 5.56 Å². The molecule has 162 valence electrons. The third-order valence-corrected chi connectivity index (χ3v) is 5.88. The van der Waals surface area contributed by atoms with Gasteiger partial charge >= 0.3 is 0 Å². The van der Waals surface area contributed by atoms with Crippen LogP contribution >= 0.6 is 0 Å². The summed E-state index contributed by atoms with van der Waals surface area (Å²) in [5.74, 6) is 2.57. The maximum absolute atomic E-state index is 5.55. The Bertz CT molecular complexity index is 1190. The van der Waals surface area contributed by atoms with Crippen molar-refractivity contribution in [3.8, 4) is 5.75 Å². The van der Waals surface area contributed by atoms with E-state index in [0.717, 1.165) is 66.8 Å². The van der Waals surface area contributed by atoms with Crippen molar-refractivity contribution >= 4 is 28.4 Å². The summed E-state index contributed by atoms with van der Waals surface area (Å²) in [6.07, 6.45) is 0. The van der Waals surface area contributed by atoms with E-state index in [-0.39, 0.29) is 0 Å². The Labute approximate surface area is 188 Å². The lowest BCUT2D eigenvalue weighted by Gasteiger charge is -2.36. The molecule has 0 atom stereocenters. The number of methoxy groups -OCH3 is 1. The Kier molecular flexibility index (Phi) is 5.75. The molecule has 0 amide bonds. The van der Waals surface area contributed by atoms with Crippen molar-refractivity contribution in [2.24, 2.45) is 0 Å². The van der Waals surface area contributed by atoms with Crippen LogP contribution in [0.25, 0.3) is 10.9 Å². The van der Waals surface area contributed by atoms with Gasteiger partial charge in [0.1, 0.15) is 11.6 Å². The summed E-state index contributed by atoms with van der Waals surface area (Å²) in [6, 6.07) is 26.8. The molecule has 0 spiro atoms. The van der Waals surface area contributed by atoms with E-state index in [1.54, 1.807) is 7.11 Å². The van der Waals surface area contributed by atoms with Gasteiger partial charge in [0.05, 0.1) is 18.3 Å². The molecule has 1 fully saturated rings. The van der Waals surface area contributed by atoms with Crippen LogP contribution in [0.4, 0.5) is 17.5 Å². The van der Waals surface area contributed by atoms with Crippen molar-refractivity contribution in [1.29, 1.82) is 0 Å². The van der Waals surface area contributed by atoms with E-state index < -0.39 is 0 Å². The molecule has 32 heavy (non-hydrogen) atoms. The summed E-state index contributed by atoms with van der Waals surface area (Å²) < 4.78 is 5.55. The van der Waals surface area contributed by atoms with E-state index in [2.05, 4.69) is 63.6 Å². The number of benzene rings is 3. The molecule has 1 aromatic heterocycles. The van der Waals surface area contributed by atoms with Crippen molar-refractivity contribution in [3.05, 3.63) is 84.4 Å². The van der Waals surface area contributed by atoms with Crippen LogP contribution < -0.4 is 19.9 Å². The molecule has 1 saturated heterocycles. The summed E-state index contributed by atoms with van der Waals surface area (Å²) in [5.41, 5.74) is 3.32. The zero-order chi connectivity index (χ0) is 21.8. The highest BCUT2D eigenvalue weighted by Crippen LogP contribution is 2.30. The van der Waals surface area contributed by atoms with Gasteiger partial charge in [0.25, 0.3) is 0 Å². The smallest absolute Gasteiger partial charge is 0.228 e. The van der Waals surface area contributed by atoms with Gasteiger partial charge in [-0.2, -0.15) is 4.98 Å². The van der Waals surface area contributed by atoms with E-state index in [4.69, 9.17) is 14.7 Å². The molecule has 6 heteroatoms. The summed E-state index contributed by atoms with van der Waals surface area (Å²) in [7, 11) is 1.72. The van der Waals surface area contributed by atoms with Crippen molar-refractivity contribution in [2.75, 3.05) is 48.4 Å². The first-order chi connectivity index (χ1) is 15.8. The number of rotatable bonds is 6. The third-order valence-electron chi connectivity index (χ3n) is 5.88. The second-order valence-corrected chi connectivity index (χ2v) is 7.87. The second-order valence-electron chi connectivity index (χ2n) is 7.87. The van der Waals surface area contributed by atoms with Crippen molar-refractivity contribution in [1.82, 2.24) is 9.97 Å². The quantitative estimate of drug-likeness (QED) is 0.488. The van der Waals surface area contributed by atoms with Crippen LogP contribution in [-0.2, 0) is 6.54 Å². The standard InChI is InChI=1S/C26H27N5O/c1-32-24-14-8-7-13-23(24)30-15-17-31(18-16-30)26-28-22-12-6-5-11-21(22)25(29-26)27-19-20-9-3-2-4-10-20/h2-14H,15-19H2,1H3,(H,27,28,29). The van der Waals surface area contributed by atoms with Gasteiger partial charge in [0.2, 0.25) is 5.95 Å². The maximum Gasteiger partial charge on any atom is 0.228 e. The van der Waals surface area contributed by atoms with Crippen LogP contribution in [0, 0.1) is 0 Å². The average molecular weight is 426 g/mol. The molecule has 2 heterocycles. The first kappa shape index (κ1) is 20.1. The van der Waals surface area contributed by atoms with E-state index in [0.29, 0.717) is 0 Å². The molecule has 1 aliphatic heterocycles. The lowest BCUT2D eigenvalue weighted by Crippen LogP contribution is -2.47. The zero-order valence-electron chi connectivity index (χ0n) is 18.2. The van der Waals surface area contributed by atoms with Gasteiger partial charge in [-0.05, 0) is 29.8 Å². The monoisotopic (exact) mass is 425 g/mol. The van der Waals surface area contributed by atoms with E-state index >= 15 is 0 Å². The molecule has 0 radical (unpaired) electrons. The summed E-state index contributed by atoms with van der Waals surface area (Å²) in [4.78, 5) is 14.4. The number of piperazine rings is 1. The lowest BCUT2D eigenvalue weighted by molar-refractivity contribution is 0.413. The van der Waals surface area contributed by atoms with Gasteiger partial charge in [0, 0.05) is 38.1 Å². The number of aromatic nitrogens is 2. The molecule has 0 bridgehead atoms. The molecule has 0 unspecified atom stereocenters. The summed E-state index contributed by atoms with van der Waals surface area (Å²) >= 11 is 0. The first-order valence-electron chi connectivity index (χ1n) is 11.0. The molecule has 1 aliphatic rings. The predicted molar refractivity (Wildman–Crippen MR) is 131 cm³/mol. The highest BCUT2D eigenvalue weighted by molar-refractivity contribution is 5.90.